The first-order chi connectivity index (χ1) is 20.1. The third-order valence-corrected chi connectivity index (χ3v) is 8.20. The Kier molecular flexibility index (Phi) is 7.97. The first kappa shape index (κ1) is 27.0. The van der Waals surface area contributed by atoms with Gasteiger partial charge in [-0.3, -0.25) is 0 Å². The van der Waals surface area contributed by atoms with E-state index in [9.17, 15) is 5.11 Å². The summed E-state index contributed by atoms with van der Waals surface area (Å²) in [6, 6.07) is 35.4. The van der Waals surface area contributed by atoms with Crippen molar-refractivity contribution >= 4 is 10.9 Å². The Morgan fingerprint density at radius 3 is 2.29 bits per heavy atom. The molecule has 210 valence electrons. The van der Waals surface area contributed by atoms with Gasteiger partial charge in [0.2, 0.25) is 0 Å². The maximum absolute atomic E-state index is 9.19. The van der Waals surface area contributed by atoms with Gasteiger partial charge in [-0.15, -0.1) is 0 Å². The SMILES string of the molecule is CC(c1ccc(OCCO)cc1)(c1ccc(OCc2ccccc2)c(OC2CCCC2)c1)n1ccc2ccccc21. The average molecular weight is 548 g/mol. The van der Waals surface area contributed by atoms with E-state index >= 15 is 0 Å². The molecule has 1 aliphatic rings. The number of rotatable bonds is 11. The molecule has 5 aromatic rings. The quantitative estimate of drug-likeness (QED) is 0.184. The van der Waals surface area contributed by atoms with Crippen LogP contribution in [0.4, 0.5) is 0 Å². The monoisotopic (exact) mass is 547 g/mol. The molecule has 41 heavy (non-hydrogen) atoms. The van der Waals surface area contributed by atoms with Crippen molar-refractivity contribution in [2.45, 2.75) is 50.9 Å². The highest BCUT2D eigenvalue weighted by Gasteiger charge is 2.33. The molecule has 4 aromatic carbocycles. The number of fused-ring (bicyclic) bond motifs is 1. The second-order valence-corrected chi connectivity index (χ2v) is 10.9. The van der Waals surface area contributed by atoms with Gasteiger partial charge in [-0.25, -0.2) is 0 Å². The van der Waals surface area contributed by atoms with Crippen molar-refractivity contribution in [1.29, 1.82) is 0 Å². The molecule has 0 bridgehead atoms. The topological polar surface area (TPSA) is 52.9 Å². The van der Waals surface area contributed by atoms with E-state index in [1.54, 1.807) is 0 Å². The zero-order valence-electron chi connectivity index (χ0n) is 23.5. The van der Waals surface area contributed by atoms with Crippen LogP contribution < -0.4 is 14.2 Å². The van der Waals surface area contributed by atoms with Crippen LogP contribution in [0.3, 0.4) is 0 Å². The van der Waals surface area contributed by atoms with Gasteiger partial charge in [0.15, 0.2) is 11.5 Å². The summed E-state index contributed by atoms with van der Waals surface area (Å²) in [7, 11) is 0. The van der Waals surface area contributed by atoms with Crippen LogP contribution in [0.1, 0.15) is 49.3 Å². The van der Waals surface area contributed by atoms with E-state index < -0.39 is 5.54 Å². The molecule has 0 radical (unpaired) electrons. The largest absolute Gasteiger partial charge is 0.491 e. The van der Waals surface area contributed by atoms with E-state index in [1.807, 2.05) is 30.3 Å². The molecule has 6 rings (SSSR count). The Bertz CT molecular complexity index is 1570. The van der Waals surface area contributed by atoms with Crippen LogP contribution in [0.5, 0.6) is 17.2 Å². The van der Waals surface area contributed by atoms with Gasteiger partial charge in [0, 0.05) is 11.7 Å². The smallest absolute Gasteiger partial charge is 0.161 e. The summed E-state index contributed by atoms with van der Waals surface area (Å²) >= 11 is 0. The molecule has 0 aliphatic heterocycles. The summed E-state index contributed by atoms with van der Waals surface area (Å²) < 4.78 is 21.0. The summed E-state index contributed by atoms with van der Waals surface area (Å²) in [6.45, 7) is 2.99. The molecule has 0 amide bonds. The Balaban J connectivity index is 1.44. The van der Waals surface area contributed by atoms with Gasteiger partial charge in [0.1, 0.15) is 19.0 Å². The molecule has 1 atom stereocenters. The lowest BCUT2D eigenvalue weighted by molar-refractivity contribution is 0.193. The van der Waals surface area contributed by atoms with Gasteiger partial charge < -0.3 is 23.9 Å². The first-order valence-electron chi connectivity index (χ1n) is 14.5. The third kappa shape index (κ3) is 5.68. The van der Waals surface area contributed by atoms with Crippen molar-refractivity contribution < 1.29 is 19.3 Å². The molecule has 1 fully saturated rings. The summed E-state index contributed by atoms with van der Waals surface area (Å²) in [5, 5.41) is 10.4. The van der Waals surface area contributed by atoms with E-state index in [0.29, 0.717) is 6.61 Å². The van der Waals surface area contributed by atoms with Gasteiger partial charge in [0.25, 0.3) is 0 Å². The van der Waals surface area contributed by atoms with Gasteiger partial charge in [-0.05, 0) is 91.1 Å². The van der Waals surface area contributed by atoms with Crippen molar-refractivity contribution in [2.75, 3.05) is 13.2 Å². The Morgan fingerprint density at radius 1 is 0.780 bits per heavy atom. The predicted molar refractivity (Wildman–Crippen MR) is 163 cm³/mol. The maximum Gasteiger partial charge on any atom is 0.161 e. The van der Waals surface area contributed by atoms with Crippen LogP contribution >= 0.6 is 0 Å². The molecular weight excluding hydrogens is 510 g/mol. The molecule has 5 nitrogen and oxygen atoms in total. The zero-order valence-corrected chi connectivity index (χ0v) is 23.5. The van der Waals surface area contributed by atoms with Crippen LogP contribution in [0.2, 0.25) is 0 Å². The Labute approximate surface area is 241 Å². The lowest BCUT2D eigenvalue weighted by Crippen LogP contribution is -2.32. The summed E-state index contributed by atoms with van der Waals surface area (Å²) in [6.07, 6.45) is 6.89. The van der Waals surface area contributed by atoms with Gasteiger partial charge >= 0.3 is 0 Å². The first-order valence-corrected chi connectivity index (χ1v) is 14.5. The maximum atomic E-state index is 9.19. The average Bonchev–Trinajstić information content (AvgIpc) is 3.70. The predicted octanol–water partition coefficient (Wildman–Crippen LogP) is 7.72. The fourth-order valence-electron chi connectivity index (χ4n) is 5.90. The van der Waals surface area contributed by atoms with Gasteiger partial charge in [-0.1, -0.05) is 66.7 Å². The fourth-order valence-corrected chi connectivity index (χ4v) is 5.90. The lowest BCUT2D eigenvalue weighted by atomic mass is 9.83. The molecule has 1 saturated carbocycles. The van der Waals surface area contributed by atoms with Crippen molar-refractivity contribution in [2.24, 2.45) is 0 Å². The molecule has 0 spiro atoms. The molecule has 5 heteroatoms. The van der Waals surface area contributed by atoms with E-state index in [2.05, 4.69) is 90.5 Å². The fraction of sp³-hybridized carbons (Fsp3) is 0.278. The second-order valence-electron chi connectivity index (χ2n) is 10.9. The van der Waals surface area contributed by atoms with Crippen LogP contribution in [0.25, 0.3) is 10.9 Å². The van der Waals surface area contributed by atoms with E-state index in [0.717, 1.165) is 52.3 Å². The normalized spacial score (nSPS) is 15.1. The highest BCUT2D eigenvalue weighted by molar-refractivity contribution is 5.81. The van der Waals surface area contributed by atoms with Crippen LogP contribution in [-0.4, -0.2) is 29.0 Å². The van der Waals surface area contributed by atoms with Crippen LogP contribution in [0.15, 0.2) is 109 Å². The molecule has 1 aromatic heterocycles. The zero-order chi connectivity index (χ0) is 28.1. The number of aliphatic hydroxyl groups is 1. The van der Waals surface area contributed by atoms with Gasteiger partial charge in [-0.2, -0.15) is 0 Å². The number of ether oxygens (including phenoxy) is 3. The molecule has 1 unspecified atom stereocenters. The Morgan fingerprint density at radius 2 is 1.51 bits per heavy atom. The third-order valence-electron chi connectivity index (χ3n) is 8.20. The minimum absolute atomic E-state index is 0.0166. The molecule has 0 saturated heterocycles. The number of para-hydroxylation sites is 1. The van der Waals surface area contributed by atoms with Crippen molar-refractivity contribution in [3.8, 4) is 17.2 Å². The van der Waals surface area contributed by atoms with E-state index in [-0.39, 0.29) is 19.3 Å². The number of hydrogen-bond acceptors (Lipinski definition) is 4. The second kappa shape index (κ2) is 12.1. The molecular formula is C36H37NO4. The lowest BCUT2D eigenvalue weighted by Gasteiger charge is -2.35. The minimum Gasteiger partial charge on any atom is -0.491 e. The van der Waals surface area contributed by atoms with Crippen LogP contribution in [0, 0.1) is 0 Å². The number of nitrogens with zero attached hydrogens (tertiary/aromatic N) is 1. The highest BCUT2D eigenvalue weighted by Crippen LogP contribution is 2.42. The number of hydrogen-bond donors (Lipinski definition) is 1. The number of aliphatic hydroxyl groups excluding tert-OH is 1. The molecule has 1 N–H and O–H groups in total. The Hall–Kier alpha value is -4.22. The minimum atomic E-state index is -0.551. The van der Waals surface area contributed by atoms with Crippen molar-refractivity contribution in [3.63, 3.8) is 0 Å². The van der Waals surface area contributed by atoms with Gasteiger partial charge in [0.05, 0.1) is 18.2 Å². The number of benzene rings is 4. The number of aromatic nitrogens is 1. The van der Waals surface area contributed by atoms with E-state index in [1.165, 1.54) is 18.2 Å². The summed E-state index contributed by atoms with van der Waals surface area (Å²) in [5.41, 5.74) is 3.93. The highest BCUT2D eigenvalue weighted by atomic mass is 16.5. The summed E-state index contributed by atoms with van der Waals surface area (Å²) in [5.74, 6) is 2.28. The van der Waals surface area contributed by atoms with E-state index in [4.69, 9.17) is 14.2 Å². The molecule has 1 heterocycles. The standard InChI is InChI=1S/C36H37NO4/c1-36(29-15-18-31(19-16-29)39-24-23-38,37-22-21-28-11-5-8-14-33(28)37)30-17-20-34(40-26-27-9-3-2-4-10-27)35(25-30)41-32-12-6-7-13-32/h2-5,8-11,14-22,25,32,38H,6-7,12-13,23-24,26H2,1H3. The van der Waals surface area contributed by atoms with Crippen molar-refractivity contribution in [3.05, 3.63) is 126 Å². The molecule has 1 aliphatic carbocycles. The van der Waals surface area contributed by atoms with Crippen LogP contribution in [-0.2, 0) is 12.1 Å². The summed E-state index contributed by atoms with van der Waals surface area (Å²) in [4.78, 5) is 0. The van der Waals surface area contributed by atoms with Crippen molar-refractivity contribution in [1.82, 2.24) is 4.57 Å².